The molecule has 4 nitrogen and oxygen atoms in total. The second-order valence-electron chi connectivity index (χ2n) is 5.39. The number of alkyl halides is 8. The van der Waals surface area contributed by atoms with Gasteiger partial charge in [-0.05, 0) is 18.2 Å². The molecular formula is C15H12F8O4. The first-order valence-corrected chi connectivity index (χ1v) is 7.03. The molecule has 0 radical (unpaired) electrons. The van der Waals surface area contributed by atoms with E-state index >= 15 is 0 Å². The van der Waals surface area contributed by atoms with Crippen LogP contribution in [0.25, 0.3) is 0 Å². The fourth-order valence-electron chi connectivity index (χ4n) is 1.45. The number of benzene rings is 1. The minimum atomic E-state index is -4.65. The SMILES string of the molecule is CC(F)(F)C(F)(F)COC(=O)c1cccc(C(=O)OCC(F)(F)C(F)F)c1. The van der Waals surface area contributed by atoms with Gasteiger partial charge in [-0.1, -0.05) is 6.07 Å². The molecule has 12 heteroatoms. The zero-order valence-electron chi connectivity index (χ0n) is 13.5. The minimum Gasteiger partial charge on any atom is -0.455 e. The highest BCUT2D eigenvalue weighted by atomic mass is 19.3. The first-order chi connectivity index (χ1) is 12.2. The van der Waals surface area contributed by atoms with E-state index in [1.54, 1.807) is 0 Å². The minimum absolute atomic E-state index is 0.0767. The highest BCUT2D eigenvalue weighted by Gasteiger charge is 2.53. The Labute approximate surface area is 147 Å². The molecule has 0 saturated heterocycles. The van der Waals surface area contributed by atoms with E-state index in [2.05, 4.69) is 9.47 Å². The molecule has 0 aliphatic heterocycles. The van der Waals surface area contributed by atoms with Gasteiger partial charge in [0.05, 0.1) is 11.1 Å². The van der Waals surface area contributed by atoms with E-state index in [4.69, 9.17) is 0 Å². The molecule has 0 heterocycles. The van der Waals surface area contributed by atoms with Crippen LogP contribution in [0.4, 0.5) is 35.1 Å². The number of carbonyl (C=O) groups is 2. The normalized spacial score (nSPS) is 12.8. The van der Waals surface area contributed by atoms with Crippen LogP contribution in [0.3, 0.4) is 0 Å². The number of halogens is 8. The first kappa shape index (κ1) is 22.6. The van der Waals surface area contributed by atoms with Crippen molar-refractivity contribution in [1.29, 1.82) is 0 Å². The van der Waals surface area contributed by atoms with Crippen molar-refractivity contribution in [2.24, 2.45) is 0 Å². The zero-order valence-corrected chi connectivity index (χ0v) is 13.5. The number of ether oxygens (including phenoxy) is 2. The van der Waals surface area contributed by atoms with Crippen LogP contribution in [0.2, 0.25) is 0 Å². The largest absolute Gasteiger partial charge is 0.455 e. The van der Waals surface area contributed by atoms with E-state index in [0.717, 1.165) is 18.2 Å². The topological polar surface area (TPSA) is 52.6 Å². The quantitative estimate of drug-likeness (QED) is 0.478. The van der Waals surface area contributed by atoms with Crippen molar-refractivity contribution >= 4 is 11.9 Å². The number of carbonyl (C=O) groups excluding carboxylic acids is 2. The molecule has 0 unspecified atom stereocenters. The second-order valence-corrected chi connectivity index (χ2v) is 5.39. The average Bonchev–Trinajstić information content (AvgIpc) is 2.56. The van der Waals surface area contributed by atoms with E-state index in [-0.39, 0.29) is 6.92 Å². The first-order valence-electron chi connectivity index (χ1n) is 7.03. The van der Waals surface area contributed by atoms with Gasteiger partial charge in [0.25, 0.3) is 0 Å². The summed E-state index contributed by atoms with van der Waals surface area (Å²) < 4.78 is 109. The van der Waals surface area contributed by atoms with Gasteiger partial charge in [0.2, 0.25) is 0 Å². The van der Waals surface area contributed by atoms with Gasteiger partial charge in [0.15, 0.2) is 13.2 Å². The number of rotatable bonds is 8. The van der Waals surface area contributed by atoms with Crippen LogP contribution in [0.5, 0.6) is 0 Å². The van der Waals surface area contributed by atoms with E-state index in [9.17, 15) is 44.7 Å². The number of hydrogen-bond acceptors (Lipinski definition) is 4. The maximum Gasteiger partial charge on any atom is 0.343 e. The van der Waals surface area contributed by atoms with Crippen LogP contribution >= 0.6 is 0 Å². The molecule has 152 valence electrons. The summed E-state index contributed by atoms with van der Waals surface area (Å²) in [5, 5.41) is 0. The molecule has 1 aromatic carbocycles. The van der Waals surface area contributed by atoms with Gasteiger partial charge in [-0.3, -0.25) is 0 Å². The Hall–Kier alpha value is -2.40. The predicted molar refractivity (Wildman–Crippen MR) is 73.5 cm³/mol. The summed E-state index contributed by atoms with van der Waals surface area (Å²) in [6.07, 6.45) is -4.08. The van der Waals surface area contributed by atoms with Gasteiger partial charge in [-0.15, -0.1) is 0 Å². The monoisotopic (exact) mass is 408 g/mol. The Morgan fingerprint density at radius 2 is 1.37 bits per heavy atom. The lowest BCUT2D eigenvalue weighted by molar-refractivity contribution is -0.214. The molecule has 27 heavy (non-hydrogen) atoms. The van der Waals surface area contributed by atoms with Crippen molar-refractivity contribution in [1.82, 2.24) is 0 Å². The van der Waals surface area contributed by atoms with E-state index in [1.165, 1.54) is 0 Å². The van der Waals surface area contributed by atoms with Crippen molar-refractivity contribution < 1.29 is 54.2 Å². The lowest BCUT2D eigenvalue weighted by Crippen LogP contribution is -2.42. The van der Waals surface area contributed by atoms with Gasteiger partial charge >= 0.3 is 36.1 Å². The molecule has 0 bridgehead atoms. The lowest BCUT2D eigenvalue weighted by Gasteiger charge is -2.22. The van der Waals surface area contributed by atoms with Gasteiger partial charge in [-0.2, -0.15) is 17.6 Å². The van der Waals surface area contributed by atoms with E-state index < -0.39 is 60.5 Å². The molecule has 0 aliphatic rings. The van der Waals surface area contributed by atoms with Crippen molar-refractivity contribution in [2.45, 2.75) is 31.1 Å². The van der Waals surface area contributed by atoms with E-state index in [1.807, 2.05) is 0 Å². The fourth-order valence-corrected chi connectivity index (χ4v) is 1.45. The molecule has 0 aliphatic carbocycles. The summed E-state index contributed by atoms with van der Waals surface area (Å²) in [5.74, 6) is -16.7. The van der Waals surface area contributed by atoms with Crippen molar-refractivity contribution in [3.8, 4) is 0 Å². The summed E-state index contributed by atoms with van der Waals surface area (Å²) in [6, 6.07) is 3.59. The molecule has 0 spiro atoms. The molecule has 1 aromatic rings. The third-order valence-electron chi connectivity index (χ3n) is 3.08. The highest BCUT2D eigenvalue weighted by molar-refractivity contribution is 5.95. The molecule has 0 saturated carbocycles. The molecule has 0 aromatic heterocycles. The average molecular weight is 408 g/mol. The van der Waals surface area contributed by atoms with Crippen LogP contribution in [-0.4, -0.2) is 49.3 Å². The Morgan fingerprint density at radius 3 is 1.78 bits per heavy atom. The predicted octanol–water partition coefficient (Wildman–Crippen LogP) is 4.19. The van der Waals surface area contributed by atoms with Crippen molar-refractivity contribution in [3.63, 3.8) is 0 Å². The Morgan fingerprint density at radius 1 is 0.926 bits per heavy atom. The highest BCUT2D eigenvalue weighted by Crippen LogP contribution is 2.33. The maximum absolute atomic E-state index is 13.1. The Balaban J connectivity index is 2.78. The molecule has 0 fully saturated rings. The third-order valence-corrected chi connectivity index (χ3v) is 3.08. The molecule has 0 N–H and O–H groups in total. The molecule has 0 atom stereocenters. The second kappa shape index (κ2) is 8.09. The Bertz CT molecular complexity index is 685. The maximum atomic E-state index is 13.1. The fraction of sp³-hybridized carbons (Fsp3) is 0.467. The summed E-state index contributed by atoms with van der Waals surface area (Å²) in [7, 11) is 0. The summed E-state index contributed by atoms with van der Waals surface area (Å²) in [6.45, 7) is -3.97. The lowest BCUT2D eigenvalue weighted by atomic mass is 10.1. The Kier molecular flexibility index (Phi) is 6.78. The van der Waals surface area contributed by atoms with Crippen LogP contribution in [0, 0.1) is 0 Å². The van der Waals surface area contributed by atoms with Gasteiger partial charge in [-0.25, -0.2) is 27.2 Å². The van der Waals surface area contributed by atoms with Crippen LogP contribution in [-0.2, 0) is 9.47 Å². The standard InChI is InChI=1S/C15H12F8O4/c1-13(18,19)15(22,23)7-27-11(25)9-4-2-3-8(5-9)10(24)26-6-14(20,21)12(16)17/h2-5,12H,6-7H2,1H3. The summed E-state index contributed by atoms with van der Waals surface area (Å²) >= 11 is 0. The van der Waals surface area contributed by atoms with Crippen molar-refractivity contribution in [2.75, 3.05) is 13.2 Å². The summed E-state index contributed by atoms with van der Waals surface area (Å²) in [4.78, 5) is 23.2. The zero-order chi connectivity index (χ0) is 21.0. The van der Waals surface area contributed by atoms with Crippen LogP contribution < -0.4 is 0 Å². The van der Waals surface area contributed by atoms with Crippen LogP contribution in [0.15, 0.2) is 24.3 Å². The van der Waals surface area contributed by atoms with Crippen LogP contribution in [0.1, 0.15) is 27.6 Å². The van der Waals surface area contributed by atoms with Gasteiger partial charge < -0.3 is 9.47 Å². The molecule has 1 rings (SSSR count). The van der Waals surface area contributed by atoms with Gasteiger partial charge in [0, 0.05) is 6.92 Å². The smallest absolute Gasteiger partial charge is 0.343 e. The number of hydrogen-bond donors (Lipinski definition) is 0. The van der Waals surface area contributed by atoms with E-state index in [0.29, 0.717) is 6.07 Å². The summed E-state index contributed by atoms with van der Waals surface area (Å²) in [5.41, 5.74) is -1.11. The molecule has 0 amide bonds. The number of esters is 2. The molecular weight excluding hydrogens is 396 g/mol. The van der Waals surface area contributed by atoms with Crippen molar-refractivity contribution in [3.05, 3.63) is 35.4 Å². The van der Waals surface area contributed by atoms with Gasteiger partial charge in [0.1, 0.15) is 0 Å². The third kappa shape index (κ3) is 6.07.